The summed E-state index contributed by atoms with van der Waals surface area (Å²) in [7, 11) is 0. The third-order valence-corrected chi connectivity index (χ3v) is 6.25. The minimum absolute atomic E-state index is 0.126. The highest BCUT2D eigenvalue weighted by atomic mass is 16.2. The van der Waals surface area contributed by atoms with Gasteiger partial charge >= 0.3 is 0 Å². The fourth-order valence-electron chi connectivity index (χ4n) is 4.37. The van der Waals surface area contributed by atoms with Crippen LogP contribution in [-0.2, 0) is 24.2 Å². The summed E-state index contributed by atoms with van der Waals surface area (Å²) < 4.78 is 1.77. The molecule has 3 heterocycles. The number of aryl methyl sites for hydroxylation is 3. The van der Waals surface area contributed by atoms with Gasteiger partial charge in [-0.15, -0.1) is 5.10 Å². The van der Waals surface area contributed by atoms with E-state index in [0.717, 1.165) is 41.0 Å². The van der Waals surface area contributed by atoms with Crippen LogP contribution in [0.25, 0.3) is 17.2 Å². The molecule has 2 aromatic heterocycles. The first-order valence-corrected chi connectivity index (χ1v) is 10.6. The maximum absolute atomic E-state index is 13.1. The highest BCUT2D eigenvalue weighted by Crippen LogP contribution is 2.23. The number of carbonyl (C=O) groups is 1. The Morgan fingerprint density at radius 1 is 0.968 bits per heavy atom. The summed E-state index contributed by atoms with van der Waals surface area (Å²) in [6.07, 6.45) is 1.22. The van der Waals surface area contributed by atoms with Gasteiger partial charge in [0, 0.05) is 35.6 Å². The van der Waals surface area contributed by atoms with Crippen molar-refractivity contribution in [2.24, 2.45) is 0 Å². The third kappa shape index (κ3) is 3.48. The molecule has 0 radical (unpaired) electrons. The molecule has 0 fully saturated rings. The molecule has 31 heavy (non-hydrogen) atoms. The lowest BCUT2D eigenvalue weighted by Crippen LogP contribution is -2.37. The lowest BCUT2D eigenvalue weighted by Gasteiger charge is -2.29. The molecule has 0 saturated carbocycles. The predicted octanol–water partition coefficient (Wildman–Crippen LogP) is 3.84. The highest BCUT2D eigenvalue weighted by Gasteiger charge is 2.23. The molecule has 1 amide bonds. The Hall–Kier alpha value is -3.54. The van der Waals surface area contributed by atoms with Gasteiger partial charge < -0.3 is 4.90 Å². The zero-order valence-electron chi connectivity index (χ0n) is 18.1. The molecule has 0 saturated heterocycles. The molecule has 0 bridgehead atoms. The summed E-state index contributed by atoms with van der Waals surface area (Å²) in [6, 6.07) is 16.4. The maximum Gasteiger partial charge on any atom is 0.253 e. The Labute approximate surface area is 181 Å². The number of hydrogen-bond acceptors (Lipinski definition) is 4. The molecule has 0 atom stereocenters. The highest BCUT2D eigenvalue weighted by molar-refractivity contribution is 5.79. The van der Waals surface area contributed by atoms with E-state index < -0.39 is 0 Å². The van der Waals surface area contributed by atoms with E-state index in [9.17, 15) is 4.79 Å². The SMILES string of the molecule is Cc1ccccc1-c1nc2nc(C)c(CC(=O)N3CCc4ccccc4C3)c(C)n2n1. The van der Waals surface area contributed by atoms with Crippen LogP contribution >= 0.6 is 0 Å². The Kier molecular flexibility index (Phi) is 4.77. The van der Waals surface area contributed by atoms with Crippen molar-refractivity contribution in [1.82, 2.24) is 24.5 Å². The number of benzene rings is 2. The second kappa shape index (κ2) is 7.61. The van der Waals surface area contributed by atoms with Crippen molar-refractivity contribution >= 4 is 11.7 Å². The second-order valence-electron chi connectivity index (χ2n) is 8.23. The molecule has 0 aliphatic carbocycles. The van der Waals surface area contributed by atoms with Crippen LogP contribution < -0.4 is 0 Å². The molecule has 5 rings (SSSR count). The second-order valence-corrected chi connectivity index (χ2v) is 8.23. The lowest BCUT2D eigenvalue weighted by atomic mass is 9.99. The van der Waals surface area contributed by atoms with Crippen LogP contribution in [0.3, 0.4) is 0 Å². The van der Waals surface area contributed by atoms with Crippen LogP contribution in [-0.4, -0.2) is 36.9 Å². The predicted molar refractivity (Wildman–Crippen MR) is 120 cm³/mol. The molecule has 2 aromatic carbocycles. The van der Waals surface area contributed by atoms with Crippen LogP contribution in [0, 0.1) is 20.8 Å². The summed E-state index contributed by atoms with van der Waals surface area (Å²) in [5.74, 6) is 1.35. The fraction of sp³-hybridized carbons (Fsp3) is 0.280. The van der Waals surface area contributed by atoms with Gasteiger partial charge in [0.25, 0.3) is 5.78 Å². The maximum atomic E-state index is 13.1. The first-order chi connectivity index (χ1) is 15.0. The van der Waals surface area contributed by atoms with Crippen LogP contribution in [0.5, 0.6) is 0 Å². The Balaban J connectivity index is 1.45. The molecule has 0 N–H and O–H groups in total. The summed E-state index contributed by atoms with van der Waals surface area (Å²) in [5.41, 5.74) is 7.37. The van der Waals surface area contributed by atoms with E-state index in [0.29, 0.717) is 24.6 Å². The average Bonchev–Trinajstić information content (AvgIpc) is 3.20. The first-order valence-electron chi connectivity index (χ1n) is 10.6. The van der Waals surface area contributed by atoms with E-state index in [1.165, 1.54) is 11.1 Å². The summed E-state index contributed by atoms with van der Waals surface area (Å²) in [6.45, 7) is 7.41. The van der Waals surface area contributed by atoms with Crippen molar-refractivity contribution < 1.29 is 4.79 Å². The topological polar surface area (TPSA) is 63.4 Å². The molecule has 0 spiro atoms. The van der Waals surface area contributed by atoms with E-state index in [1.54, 1.807) is 4.52 Å². The molecule has 6 heteroatoms. The van der Waals surface area contributed by atoms with Gasteiger partial charge in [-0.1, -0.05) is 48.5 Å². The minimum Gasteiger partial charge on any atom is -0.338 e. The van der Waals surface area contributed by atoms with Gasteiger partial charge in [0.15, 0.2) is 5.82 Å². The number of amides is 1. The zero-order valence-corrected chi connectivity index (χ0v) is 18.1. The molecule has 4 aromatic rings. The Bertz CT molecular complexity index is 1310. The minimum atomic E-state index is 0.126. The van der Waals surface area contributed by atoms with Crippen molar-refractivity contribution in [2.75, 3.05) is 6.54 Å². The monoisotopic (exact) mass is 411 g/mol. The normalized spacial score (nSPS) is 13.5. The molecular formula is C25H25N5O. The van der Waals surface area contributed by atoms with Gasteiger partial charge in [-0.3, -0.25) is 4.79 Å². The van der Waals surface area contributed by atoms with Gasteiger partial charge in [0.05, 0.1) is 6.42 Å². The molecule has 1 aliphatic heterocycles. The zero-order chi connectivity index (χ0) is 21.5. The quantitative estimate of drug-likeness (QED) is 0.514. The number of fused-ring (bicyclic) bond motifs is 2. The molecular weight excluding hydrogens is 386 g/mol. The van der Waals surface area contributed by atoms with E-state index in [4.69, 9.17) is 5.10 Å². The van der Waals surface area contributed by atoms with Crippen molar-refractivity contribution in [2.45, 2.75) is 40.2 Å². The lowest BCUT2D eigenvalue weighted by molar-refractivity contribution is -0.131. The number of rotatable bonds is 3. The summed E-state index contributed by atoms with van der Waals surface area (Å²) in [5, 5.41) is 4.71. The number of carbonyl (C=O) groups excluding carboxylic acids is 1. The molecule has 1 aliphatic rings. The van der Waals surface area contributed by atoms with Crippen molar-refractivity contribution in [3.05, 3.63) is 82.2 Å². The molecule has 156 valence electrons. The number of nitrogens with zero attached hydrogens (tertiary/aromatic N) is 5. The smallest absolute Gasteiger partial charge is 0.253 e. The first kappa shape index (κ1) is 19.4. The van der Waals surface area contributed by atoms with Crippen LogP contribution in [0.2, 0.25) is 0 Å². The van der Waals surface area contributed by atoms with Gasteiger partial charge in [-0.2, -0.15) is 4.98 Å². The largest absolute Gasteiger partial charge is 0.338 e. The molecule has 0 unspecified atom stereocenters. The van der Waals surface area contributed by atoms with E-state index in [1.807, 2.05) is 56.0 Å². The van der Waals surface area contributed by atoms with Gasteiger partial charge in [-0.05, 0) is 43.9 Å². The van der Waals surface area contributed by atoms with Gasteiger partial charge in [0.2, 0.25) is 5.91 Å². The van der Waals surface area contributed by atoms with Crippen LogP contribution in [0.15, 0.2) is 48.5 Å². The standard InChI is InChI=1S/C25H25N5O/c1-16-8-4-7-11-21(16)24-27-25-26-17(2)22(18(3)30(25)28-24)14-23(31)29-13-12-19-9-5-6-10-20(19)15-29/h4-11H,12-15H2,1-3H3. The van der Waals surface area contributed by atoms with Crippen molar-refractivity contribution in [1.29, 1.82) is 0 Å². The van der Waals surface area contributed by atoms with Crippen molar-refractivity contribution in [3.8, 4) is 11.4 Å². The van der Waals surface area contributed by atoms with E-state index in [2.05, 4.69) is 28.2 Å². The Morgan fingerprint density at radius 3 is 2.52 bits per heavy atom. The number of aromatic nitrogens is 4. The summed E-state index contributed by atoms with van der Waals surface area (Å²) >= 11 is 0. The third-order valence-electron chi connectivity index (χ3n) is 6.25. The van der Waals surface area contributed by atoms with Gasteiger partial charge in [-0.25, -0.2) is 9.50 Å². The van der Waals surface area contributed by atoms with E-state index >= 15 is 0 Å². The summed E-state index contributed by atoms with van der Waals surface area (Å²) in [4.78, 5) is 24.4. The average molecular weight is 412 g/mol. The van der Waals surface area contributed by atoms with Crippen LogP contribution in [0.4, 0.5) is 0 Å². The Morgan fingerprint density at radius 2 is 1.71 bits per heavy atom. The van der Waals surface area contributed by atoms with Crippen LogP contribution in [0.1, 0.15) is 33.6 Å². The molecule has 6 nitrogen and oxygen atoms in total. The fourth-order valence-corrected chi connectivity index (χ4v) is 4.37. The van der Waals surface area contributed by atoms with E-state index in [-0.39, 0.29) is 5.91 Å². The number of hydrogen-bond donors (Lipinski definition) is 0. The van der Waals surface area contributed by atoms with Crippen molar-refractivity contribution in [3.63, 3.8) is 0 Å². The van der Waals surface area contributed by atoms with Gasteiger partial charge in [0.1, 0.15) is 0 Å².